The molecule has 0 spiro atoms. The van der Waals surface area contributed by atoms with E-state index in [1.165, 1.54) is 12.8 Å². The van der Waals surface area contributed by atoms with Crippen molar-refractivity contribution in [1.82, 2.24) is 0 Å². The van der Waals surface area contributed by atoms with Gasteiger partial charge < -0.3 is 4.74 Å². The van der Waals surface area contributed by atoms with E-state index in [1.54, 1.807) is 24.3 Å². The van der Waals surface area contributed by atoms with Gasteiger partial charge in [0, 0.05) is 17.0 Å². The highest BCUT2D eigenvalue weighted by molar-refractivity contribution is 6.31. The summed E-state index contributed by atoms with van der Waals surface area (Å²) < 4.78 is 5.03. The fourth-order valence-corrected chi connectivity index (χ4v) is 2.59. The van der Waals surface area contributed by atoms with Gasteiger partial charge in [-0.3, -0.25) is 9.59 Å². The van der Waals surface area contributed by atoms with Crippen LogP contribution in [0.15, 0.2) is 24.3 Å². The second-order valence-corrected chi connectivity index (χ2v) is 5.39. The molecule has 0 aliphatic heterocycles. The van der Waals surface area contributed by atoms with Crippen LogP contribution in [0.1, 0.15) is 42.5 Å². The first kappa shape index (κ1) is 14.1. The van der Waals surface area contributed by atoms with Gasteiger partial charge in [-0.15, -0.1) is 0 Å². The molecule has 1 aromatic carbocycles. The second-order valence-electron chi connectivity index (χ2n) is 4.95. The number of ketones is 1. The first-order valence-electron chi connectivity index (χ1n) is 6.59. The maximum absolute atomic E-state index is 11.8. The number of carbonyl (C=O) groups is 2. The van der Waals surface area contributed by atoms with E-state index in [0.29, 0.717) is 22.9 Å². The molecule has 4 heteroatoms. The number of hydrogen-bond donors (Lipinski definition) is 0. The van der Waals surface area contributed by atoms with Crippen molar-refractivity contribution in [2.24, 2.45) is 5.92 Å². The van der Waals surface area contributed by atoms with Crippen molar-refractivity contribution < 1.29 is 14.3 Å². The Morgan fingerprint density at radius 3 is 2.68 bits per heavy atom. The van der Waals surface area contributed by atoms with Gasteiger partial charge in [0.05, 0.1) is 0 Å². The molecule has 0 unspecified atom stereocenters. The molecule has 3 nitrogen and oxygen atoms in total. The summed E-state index contributed by atoms with van der Waals surface area (Å²) in [6.45, 7) is -0.202. The third-order valence-electron chi connectivity index (χ3n) is 3.44. The number of benzene rings is 1. The molecule has 0 atom stereocenters. The third kappa shape index (κ3) is 4.35. The van der Waals surface area contributed by atoms with Gasteiger partial charge in [-0.2, -0.15) is 0 Å². The van der Waals surface area contributed by atoms with Crippen molar-refractivity contribution in [3.63, 3.8) is 0 Å². The van der Waals surface area contributed by atoms with E-state index < -0.39 is 0 Å². The molecule has 0 heterocycles. The Hall–Kier alpha value is -1.35. The second kappa shape index (κ2) is 6.71. The zero-order valence-electron chi connectivity index (χ0n) is 10.7. The lowest BCUT2D eigenvalue weighted by Gasteiger charge is -2.08. The molecule has 0 amide bonds. The van der Waals surface area contributed by atoms with E-state index in [9.17, 15) is 9.59 Å². The highest BCUT2D eigenvalue weighted by atomic mass is 35.5. The van der Waals surface area contributed by atoms with E-state index in [4.69, 9.17) is 16.3 Å². The SMILES string of the molecule is O=C(CC1CCCC1)OCC(=O)c1cccc(Cl)c1. The molecule has 0 aromatic heterocycles. The zero-order chi connectivity index (χ0) is 13.7. The molecule has 102 valence electrons. The van der Waals surface area contributed by atoms with Crippen LogP contribution in [0.25, 0.3) is 0 Å². The van der Waals surface area contributed by atoms with Crippen LogP contribution in [0.5, 0.6) is 0 Å². The summed E-state index contributed by atoms with van der Waals surface area (Å²) >= 11 is 5.81. The van der Waals surface area contributed by atoms with Crippen LogP contribution in [-0.4, -0.2) is 18.4 Å². The van der Waals surface area contributed by atoms with Crippen molar-refractivity contribution in [3.05, 3.63) is 34.9 Å². The summed E-state index contributed by atoms with van der Waals surface area (Å²) in [5, 5.41) is 0.503. The van der Waals surface area contributed by atoms with Gasteiger partial charge in [-0.05, 0) is 30.9 Å². The van der Waals surface area contributed by atoms with Crippen molar-refractivity contribution in [2.45, 2.75) is 32.1 Å². The lowest BCUT2D eigenvalue weighted by Crippen LogP contribution is -2.16. The quantitative estimate of drug-likeness (QED) is 0.611. The first-order valence-corrected chi connectivity index (χ1v) is 6.97. The van der Waals surface area contributed by atoms with Crippen molar-refractivity contribution >= 4 is 23.4 Å². The molecule has 0 radical (unpaired) electrons. The average Bonchev–Trinajstić information content (AvgIpc) is 2.88. The smallest absolute Gasteiger partial charge is 0.306 e. The van der Waals surface area contributed by atoms with Crippen molar-refractivity contribution in [3.8, 4) is 0 Å². The minimum Gasteiger partial charge on any atom is -0.457 e. The highest BCUT2D eigenvalue weighted by Gasteiger charge is 2.19. The summed E-state index contributed by atoms with van der Waals surface area (Å²) in [5.74, 6) is -0.0571. The largest absolute Gasteiger partial charge is 0.457 e. The standard InChI is InChI=1S/C15H17ClO3/c16-13-7-3-6-12(9-13)14(17)10-19-15(18)8-11-4-1-2-5-11/h3,6-7,9,11H,1-2,4-5,8,10H2. The number of esters is 1. The molecule has 1 saturated carbocycles. The van der Waals surface area contributed by atoms with Crippen LogP contribution in [0.3, 0.4) is 0 Å². The highest BCUT2D eigenvalue weighted by Crippen LogP contribution is 2.27. The Balaban J connectivity index is 1.78. The number of rotatable bonds is 5. The van der Waals surface area contributed by atoms with Crippen LogP contribution in [0.4, 0.5) is 0 Å². The fourth-order valence-electron chi connectivity index (χ4n) is 2.40. The van der Waals surface area contributed by atoms with Crippen LogP contribution < -0.4 is 0 Å². The molecular weight excluding hydrogens is 264 g/mol. The van der Waals surface area contributed by atoms with Gasteiger partial charge in [0.1, 0.15) is 0 Å². The van der Waals surface area contributed by atoms with E-state index in [0.717, 1.165) is 12.8 Å². The van der Waals surface area contributed by atoms with Crippen LogP contribution in [0.2, 0.25) is 5.02 Å². The summed E-state index contributed by atoms with van der Waals surface area (Å²) in [7, 11) is 0. The molecule has 19 heavy (non-hydrogen) atoms. The van der Waals surface area contributed by atoms with Crippen LogP contribution >= 0.6 is 11.6 Å². The van der Waals surface area contributed by atoms with Crippen molar-refractivity contribution in [2.75, 3.05) is 6.61 Å². The molecule has 1 fully saturated rings. The van der Waals surface area contributed by atoms with E-state index in [2.05, 4.69) is 0 Å². The minimum atomic E-state index is -0.276. The Kier molecular flexibility index (Phi) is 4.97. The summed E-state index contributed by atoms with van der Waals surface area (Å²) in [5.41, 5.74) is 0.473. The monoisotopic (exact) mass is 280 g/mol. The molecule has 0 bridgehead atoms. The maximum atomic E-state index is 11.8. The molecule has 1 aromatic rings. The molecule has 0 saturated heterocycles. The summed E-state index contributed by atoms with van der Waals surface area (Å²) in [4.78, 5) is 23.4. The Labute approximate surface area is 117 Å². The van der Waals surface area contributed by atoms with Gasteiger partial charge in [0.15, 0.2) is 12.4 Å². The minimum absolute atomic E-state index is 0.202. The summed E-state index contributed by atoms with van der Waals surface area (Å²) in [6.07, 6.45) is 5.01. The normalized spacial score (nSPS) is 15.4. The first-order chi connectivity index (χ1) is 9.15. The van der Waals surface area contributed by atoms with Gasteiger partial charge in [-0.25, -0.2) is 0 Å². The number of Topliss-reactive ketones (excluding diaryl/α,β-unsaturated/α-hetero) is 1. The van der Waals surface area contributed by atoms with E-state index in [1.807, 2.05) is 0 Å². The maximum Gasteiger partial charge on any atom is 0.306 e. The van der Waals surface area contributed by atoms with E-state index in [-0.39, 0.29) is 18.4 Å². The average molecular weight is 281 g/mol. The van der Waals surface area contributed by atoms with Crippen LogP contribution in [0, 0.1) is 5.92 Å². The summed E-state index contributed by atoms with van der Waals surface area (Å²) in [6, 6.07) is 6.65. The van der Waals surface area contributed by atoms with Crippen LogP contribution in [-0.2, 0) is 9.53 Å². The number of carbonyl (C=O) groups excluding carboxylic acids is 2. The lowest BCUT2D eigenvalue weighted by molar-refractivity contribution is -0.143. The fraction of sp³-hybridized carbons (Fsp3) is 0.467. The molecule has 0 N–H and O–H groups in total. The lowest BCUT2D eigenvalue weighted by atomic mass is 10.0. The predicted molar refractivity (Wildman–Crippen MR) is 73.3 cm³/mol. The van der Waals surface area contributed by atoms with Gasteiger partial charge in [0.25, 0.3) is 0 Å². The topological polar surface area (TPSA) is 43.4 Å². The zero-order valence-corrected chi connectivity index (χ0v) is 11.5. The Morgan fingerprint density at radius 1 is 1.26 bits per heavy atom. The van der Waals surface area contributed by atoms with Gasteiger partial charge >= 0.3 is 5.97 Å². The number of hydrogen-bond acceptors (Lipinski definition) is 3. The molecule has 1 aliphatic rings. The van der Waals surface area contributed by atoms with Gasteiger partial charge in [-0.1, -0.05) is 36.6 Å². The van der Waals surface area contributed by atoms with Gasteiger partial charge in [0.2, 0.25) is 0 Å². The predicted octanol–water partition coefficient (Wildman–Crippen LogP) is 3.65. The third-order valence-corrected chi connectivity index (χ3v) is 3.68. The molecule has 1 aliphatic carbocycles. The number of halogens is 1. The van der Waals surface area contributed by atoms with Crippen molar-refractivity contribution in [1.29, 1.82) is 0 Å². The van der Waals surface area contributed by atoms with E-state index >= 15 is 0 Å². The molecule has 2 rings (SSSR count). The Bertz CT molecular complexity index is 464. The number of ether oxygens (including phenoxy) is 1. The Morgan fingerprint density at radius 2 is 2.00 bits per heavy atom. The molecular formula is C15H17ClO3.